The Labute approximate surface area is 127 Å². The monoisotopic (exact) mass is 291 g/mol. The highest BCUT2D eigenvalue weighted by Crippen LogP contribution is 2.31. The first-order valence-corrected chi connectivity index (χ1v) is 6.59. The normalized spacial score (nSPS) is 10.2. The van der Waals surface area contributed by atoms with Gasteiger partial charge in [-0.15, -0.1) is 0 Å². The molecule has 6 nitrogen and oxygen atoms in total. The lowest BCUT2D eigenvalue weighted by Crippen LogP contribution is -1.94. The highest BCUT2D eigenvalue weighted by atomic mass is 16.5. The lowest BCUT2D eigenvalue weighted by molar-refractivity contribution is 0.480. The van der Waals surface area contributed by atoms with Gasteiger partial charge in [0.05, 0.1) is 11.9 Å². The highest BCUT2D eigenvalue weighted by molar-refractivity contribution is 5.69. The van der Waals surface area contributed by atoms with E-state index in [-0.39, 0.29) is 0 Å². The molecule has 2 aromatic heterocycles. The van der Waals surface area contributed by atoms with E-state index in [1.54, 1.807) is 53.6 Å². The first kappa shape index (κ1) is 13.6. The van der Waals surface area contributed by atoms with E-state index in [9.17, 15) is 5.26 Å². The molecule has 0 aliphatic rings. The first-order chi connectivity index (χ1) is 10.7. The molecule has 3 aromatic rings. The summed E-state index contributed by atoms with van der Waals surface area (Å²) in [5.74, 6) is 1.05. The minimum absolute atomic E-state index is 0.368. The summed E-state index contributed by atoms with van der Waals surface area (Å²) in [6.45, 7) is 0. The second kappa shape index (κ2) is 5.58. The van der Waals surface area contributed by atoms with E-state index >= 15 is 0 Å². The number of hydrogen-bond acceptors (Lipinski definition) is 5. The third kappa shape index (κ3) is 2.60. The van der Waals surface area contributed by atoms with Gasteiger partial charge >= 0.3 is 0 Å². The maximum atomic E-state index is 9.47. The van der Waals surface area contributed by atoms with Gasteiger partial charge in [-0.25, -0.2) is 0 Å². The fourth-order valence-electron chi connectivity index (χ4n) is 2.06. The Morgan fingerprint density at radius 3 is 2.64 bits per heavy atom. The number of nitriles is 1. The molecule has 3 rings (SSSR count). The van der Waals surface area contributed by atoms with E-state index in [0.717, 1.165) is 5.56 Å². The minimum atomic E-state index is 0.368. The summed E-state index contributed by atoms with van der Waals surface area (Å²) in [4.78, 5) is 4.27. The predicted octanol–water partition coefficient (Wildman–Crippen LogP) is 2.73. The molecule has 0 aliphatic heterocycles. The van der Waals surface area contributed by atoms with Crippen molar-refractivity contribution in [3.05, 3.63) is 54.5 Å². The van der Waals surface area contributed by atoms with E-state index in [0.29, 0.717) is 28.4 Å². The van der Waals surface area contributed by atoms with Crippen molar-refractivity contribution in [2.75, 3.05) is 5.73 Å². The maximum Gasteiger partial charge on any atom is 0.148 e. The Kier molecular flexibility index (Phi) is 3.46. The van der Waals surface area contributed by atoms with Crippen LogP contribution in [0.1, 0.15) is 5.56 Å². The molecule has 22 heavy (non-hydrogen) atoms. The number of aromatic nitrogens is 3. The number of rotatable bonds is 3. The van der Waals surface area contributed by atoms with Crippen molar-refractivity contribution in [3.8, 4) is 28.8 Å². The smallest absolute Gasteiger partial charge is 0.148 e. The Hall–Kier alpha value is -3.33. The summed E-state index contributed by atoms with van der Waals surface area (Å²) >= 11 is 0. The quantitative estimate of drug-likeness (QED) is 0.749. The van der Waals surface area contributed by atoms with Crippen molar-refractivity contribution in [2.24, 2.45) is 7.05 Å². The second-order valence-corrected chi connectivity index (χ2v) is 4.72. The van der Waals surface area contributed by atoms with Crippen molar-refractivity contribution < 1.29 is 4.74 Å². The molecule has 0 atom stereocenters. The number of benzene rings is 1. The van der Waals surface area contributed by atoms with E-state index < -0.39 is 0 Å². The zero-order valence-corrected chi connectivity index (χ0v) is 11.9. The van der Waals surface area contributed by atoms with Gasteiger partial charge in [0.1, 0.15) is 23.1 Å². The largest absolute Gasteiger partial charge is 0.456 e. The van der Waals surface area contributed by atoms with E-state index in [2.05, 4.69) is 16.2 Å². The van der Waals surface area contributed by atoms with E-state index in [1.165, 1.54) is 0 Å². The van der Waals surface area contributed by atoms with Crippen molar-refractivity contribution in [1.82, 2.24) is 14.8 Å². The summed E-state index contributed by atoms with van der Waals surface area (Å²) in [6, 6.07) is 10.8. The maximum absolute atomic E-state index is 9.47. The van der Waals surface area contributed by atoms with Crippen LogP contribution in [0.2, 0.25) is 0 Å². The van der Waals surface area contributed by atoms with Crippen LogP contribution in [-0.4, -0.2) is 14.8 Å². The minimum Gasteiger partial charge on any atom is -0.456 e. The topological polar surface area (TPSA) is 89.8 Å². The van der Waals surface area contributed by atoms with Crippen LogP contribution in [-0.2, 0) is 7.05 Å². The number of anilines is 1. The van der Waals surface area contributed by atoms with Crippen LogP contribution in [0, 0.1) is 11.3 Å². The Morgan fingerprint density at radius 2 is 2.00 bits per heavy atom. The highest BCUT2D eigenvalue weighted by Gasteiger charge is 2.14. The van der Waals surface area contributed by atoms with Crippen LogP contribution in [0.4, 0.5) is 5.69 Å². The van der Waals surface area contributed by atoms with Crippen LogP contribution in [0.5, 0.6) is 11.5 Å². The molecule has 1 aromatic carbocycles. The van der Waals surface area contributed by atoms with Crippen molar-refractivity contribution in [2.45, 2.75) is 0 Å². The Balaban J connectivity index is 2.02. The van der Waals surface area contributed by atoms with Crippen molar-refractivity contribution in [3.63, 3.8) is 0 Å². The number of nitrogen functional groups attached to an aromatic ring is 1. The second-order valence-electron chi connectivity index (χ2n) is 4.72. The lowest BCUT2D eigenvalue weighted by atomic mass is 10.1. The van der Waals surface area contributed by atoms with Gasteiger partial charge in [-0.1, -0.05) is 0 Å². The number of nitrogens with two attached hydrogens (primary N) is 1. The van der Waals surface area contributed by atoms with Gasteiger partial charge in [-0.3, -0.25) is 9.67 Å². The molecular formula is C16H13N5O. The number of nitrogens with zero attached hydrogens (tertiary/aromatic N) is 4. The first-order valence-electron chi connectivity index (χ1n) is 6.59. The SMILES string of the molecule is Cn1cc(-c2nccc(Oc3ccc(N)cc3)c2C#N)cn1. The summed E-state index contributed by atoms with van der Waals surface area (Å²) < 4.78 is 7.44. The van der Waals surface area contributed by atoms with Gasteiger partial charge in [0, 0.05) is 36.8 Å². The Bertz CT molecular complexity index is 846. The number of hydrogen-bond donors (Lipinski definition) is 1. The lowest BCUT2D eigenvalue weighted by Gasteiger charge is -2.09. The molecule has 0 unspecified atom stereocenters. The van der Waals surface area contributed by atoms with Gasteiger partial charge in [0.2, 0.25) is 0 Å². The summed E-state index contributed by atoms with van der Waals surface area (Å²) in [5, 5.41) is 13.6. The summed E-state index contributed by atoms with van der Waals surface area (Å²) in [5.41, 5.74) is 7.98. The molecule has 2 N–H and O–H groups in total. The van der Waals surface area contributed by atoms with E-state index in [4.69, 9.17) is 10.5 Å². The molecule has 0 saturated carbocycles. The summed E-state index contributed by atoms with van der Waals surface area (Å²) in [7, 11) is 1.81. The third-order valence-corrected chi connectivity index (χ3v) is 3.11. The molecule has 108 valence electrons. The van der Waals surface area contributed by atoms with Crippen LogP contribution < -0.4 is 10.5 Å². The molecule has 6 heteroatoms. The van der Waals surface area contributed by atoms with Crippen molar-refractivity contribution in [1.29, 1.82) is 5.26 Å². The number of ether oxygens (including phenoxy) is 1. The molecule has 0 saturated heterocycles. The van der Waals surface area contributed by atoms with Crippen molar-refractivity contribution >= 4 is 5.69 Å². The fraction of sp³-hybridized carbons (Fsp3) is 0.0625. The zero-order valence-electron chi connectivity index (χ0n) is 11.9. The van der Waals surface area contributed by atoms with E-state index in [1.807, 2.05) is 7.05 Å². The molecule has 2 heterocycles. The zero-order chi connectivity index (χ0) is 15.5. The third-order valence-electron chi connectivity index (χ3n) is 3.11. The molecule has 0 radical (unpaired) electrons. The average molecular weight is 291 g/mol. The van der Waals surface area contributed by atoms with Gasteiger partial charge in [-0.05, 0) is 24.3 Å². The number of aryl methyl sites for hydroxylation is 1. The molecule has 0 bridgehead atoms. The van der Waals surface area contributed by atoms with Crippen LogP contribution in [0.15, 0.2) is 48.9 Å². The standard InChI is InChI=1S/C16H13N5O/c1-21-10-11(9-20-21)16-14(8-17)15(6-7-19-16)22-13-4-2-12(18)3-5-13/h2-7,9-10H,18H2,1H3. The van der Waals surface area contributed by atoms with Crippen LogP contribution in [0.3, 0.4) is 0 Å². The average Bonchev–Trinajstić information content (AvgIpc) is 2.96. The van der Waals surface area contributed by atoms with Gasteiger partial charge in [-0.2, -0.15) is 10.4 Å². The molecule has 0 spiro atoms. The van der Waals surface area contributed by atoms with Gasteiger partial charge < -0.3 is 10.5 Å². The van der Waals surface area contributed by atoms with Crippen LogP contribution >= 0.6 is 0 Å². The molecular weight excluding hydrogens is 278 g/mol. The van der Waals surface area contributed by atoms with Crippen LogP contribution in [0.25, 0.3) is 11.3 Å². The number of pyridine rings is 1. The molecule has 0 aliphatic carbocycles. The molecule has 0 amide bonds. The van der Waals surface area contributed by atoms with Gasteiger partial charge in [0.25, 0.3) is 0 Å². The molecule has 0 fully saturated rings. The predicted molar refractivity (Wildman–Crippen MR) is 82.1 cm³/mol. The van der Waals surface area contributed by atoms with Gasteiger partial charge in [0.15, 0.2) is 0 Å². The fourth-order valence-corrected chi connectivity index (χ4v) is 2.06. The Morgan fingerprint density at radius 1 is 1.23 bits per heavy atom. The summed E-state index contributed by atoms with van der Waals surface area (Å²) in [6.07, 6.45) is 5.07.